The molecular formula is C12H13FN2O2. The van der Waals surface area contributed by atoms with Gasteiger partial charge in [0.25, 0.3) is 0 Å². The molecule has 0 bridgehead atoms. The minimum absolute atomic E-state index is 0.187. The molecule has 0 aliphatic rings. The fourth-order valence-electron chi connectivity index (χ4n) is 1.37. The van der Waals surface area contributed by atoms with Gasteiger partial charge >= 0.3 is 5.97 Å². The van der Waals surface area contributed by atoms with Crippen molar-refractivity contribution < 1.29 is 13.9 Å². The number of rotatable bonds is 4. The third-order valence-corrected chi connectivity index (χ3v) is 2.37. The number of hydrogen-bond acceptors (Lipinski definition) is 4. The van der Waals surface area contributed by atoms with Crippen LogP contribution in [-0.4, -0.2) is 26.7 Å². The minimum atomic E-state index is -0.476. The van der Waals surface area contributed by atoms with Crippen molar-refractivity contribution in [2.75, 3.05) is 25.6 Å². The molecule has 17 heavy (non-hydrogen) atoms. The van der Waals surface area contributed by atoms with E-state index < -0.39 is 5.82 Å². The Morgan fingerprint density at radius 2 is 2.29 bits per heavy atom. The van der Waals surface area contributed by atoms with Crippen LogP contribution in [-0.2, 0) is 9.53 Å². The van der Waals surface area contributed by atoms with Crippen molar-refractivity contribution in [3.63, 3.8) is 0 Å². The zero-order chi connectivity index (χ0) is 12.8. The predicted molar refractivity (Wildman–Crippen MR) is 61.0 cm³/mol. The summed E-state index contributed by atoms with van der Waals surface area (Å²) in [6, 6.07) is 6.09. The molecular weight excluding hydrogens is 223 g/mol. The Balaban J connectivity index is 2.73. The van der Waals surface area contributed by atoms with Gasteiger partial charge in [-0.15, -0.1) is 0 Å². The highest BCUT2D eigenvalue weighted by Gasteiger charge is 2.10. The van der Waals surface area contributed by atoms with E-state index in [1.54, 1.807) is 11.9 Å². The van der Waals surface area contributed by atoms with Gasteiger partial charge in [0.15, 0.2) is 0 Å². The molecule has 0 amide bonds. The molecule has 0 aromatic heterocycles. The van der Waals surface area contributed by atoms with E-state index in [4.69, 9.17) is 5.26 Å². The van der Waals surface area contributed by atoms with Crippen LogP contribution in [0, 0.1) is 17.1 Å². The van der Waals surface area contributed by atoms with Crippen molar-refractivity contribution in [3.05, 3.63) is 29.6 Å². The van der Waals surface area contributed by atoms with Crippen molar-refractivity contribution in [1.29, 1.82) is 5.26 Å². The maximum atomic E-state index is 13.6. The van der Waals surface area contributed by atoms with E-state index in [0.29, 0.717) is 12.2 Å². The topological polar surface area (TPSA) is 53.3 Å². The summed E-state index contributed by atoms with van der Waals surface area (Å²) in [5.74, 6) is -0.817. The molecule has 0 fully saturated rings. The number of carbonyl (C=O) groups excluding carboxylic acids is 1. The zero-order valence-electron chi connectivity index (χ0n) is 9.74. The third-order valence-electron chi connectivity index (χ3n) is 2.37. The van der Waals surface area contributed by atoms with Gasteiger partial charge in [0.2, 0.25) is 0 Å². The molecule has 0 unspecified atom stereocenters. The molecule has 1 aromatic carbocycles. The summed E-state index contributed by atoms with van der Waals surface area (Å²) >= 11 is 0. The molecule has 4 nitrogen and oxygen atoms in total. The van der Waals surface area contributed by atoms with Gasteiger partial charge in [-0.05, 0) is 18.2 Å². The number of nitriles is 1. The fraction of sp³-hybridized carbons (Fsp3) is 0.333. The van der Waals surface area contributed by atoms with Crippen molar-refractivity contribution in [2.24, 2.45) is 0 Å². The van der Waals surface area contributed by atoms with Gasteiger partial charge in [-0.2, -0.15) is 5.26 Å². The maximum absolute atomic E-state index is 13.6. The average molecular weight is 236 g/mol. The Morgan fingerprint density at radius 3 is 2.82 bits per heavy atom. The molecule has 90 valence electrons. The second-order valence-electron chi connectivity index (χ2n) is 3.53. The van der Waals surface area contributed by atoms with E-state index in [-0.39, 0.29) is 18.0 Å². The molecule has 0 N–H and O–H groups in total. The predicted octanol–water partition coefficient (Wildman–Crippen LogP) is 1.70. The van der Waals surface area contributed by atoms with Crippen LogP contribution in [0.1, 0.15) is 12.0 Å². The Kier molecular flexibility index (Phi) is 4.46. The summed E-state index contributed by atoms with van der Waals surface area (Å²) in [5.41, 5.74) is 0.625. The summed E-state index contributed by atoms with van der Waals surface area (Å²) in [6.07, 6.45) is 0.187. The lowest BCUT2D eigenvalue weighted by atomic mass is 10.2. The third kappa shape index (κ3) is 3.45. The molecule has 0 saturated carbocycles. The largest absolute Gasteiger partial charge is 0.469 e. The minimum Gasteiger partial charge on any atom is -0.469 e. The number of benzene rings is 1. The zero-order valence-corrected chi connectivity index (χ0v) is 9.74. The molecule has 0 heterocycles. The van der Waals surface area contributed by atoms with Crippen molar-refractivity contribution in [3.8, 4) is 6.07 Å². The maximum Gasteiger partial charge on any atom is 0.307 e. The van der Waals surface area contributed by atoms with Crippen LogP contribution in [0.4, 0.5) is 10.1 Å². The van der Waals surface area contributed by atoms with E-state index >= 15 is 0 Å². The number of halogens is 1. The monoisotopic (exact) mass is 236 g/mol. The van der Waals surface area contributed by atoms with E-state index in [2.05, 4.69) is 4.74 Å². The molecule has 1 rings (SSSR count). The average Bonchev–Trinajstić information content (AvgIpc) is 2.35. The van der Waals surface area contributed by atoms with Gasteiger partial charge in [0.05, 0.1) is 30.9 Å². The Hall–Kier alpha value is -2.09. The van der Waals surface area contributed by atoms with Crippen molar-refractivity contribution in [2.45, 2.75) is 6.42 Å². The Bertz CT molecular complexity index is 454. The lowest BCUT2D eigenvalue weighted by Crippen LogP contribution is -2.22. The number of methoxy groups -OCH3 is 1. The van der Waals surface area contributed by atoms with Gasteiger partial charge < -0.3 is 9.64 Å². The quantitative estimate of drug-likeness (QED) is 0.746. The highest BCUT2D eigenvalue weighted by Crippen LogP contribution is 2.19. The first-order chi connectivity index (χ1) is 8.08. The first-order valence-corrected chi connectivity index (χ1v) is 5.06. The van der Waals surface area contributed by atoms with Crippen molar-refractivity contribution in [1.82, 2.24) is 0 Å². The van der Waals surface area contributed by atoms with Crippen molar-refractivity contribution >= 4 is 11.7 Å². The Labute approximate surface area is 99.2 Å². The summed E-state index contributed by atoms with van der Waals surface area (Å²) < 4.78 is 18.1. The normalized spacial score (nSPS) is 9.53. The van der Waals surface area contributed by atoms with Crippen LogP contribution in [0.2, 0.25) is 0 Å². The van der Waals surface area contributed by atoms with E-state index in [9.17, 15) is 9.18 Å². The number of nitrogens with zero attached hydrogens (tertiary/aromatic N) is 2. The number of hydrogen-bond donors (Lipinski definition) is 0. The summed E-state index contributed by atoms with van der Waals surface area (Å²) in [6.45, 7) is 0.357. The molecule has 0 spiro atoms. The van der Waals surface area contributed by atoms with Crippen LogP contribution < -0.4 is 4.90 Å². The Morgan fingerprint density at radius 1 is 1.59 bits per heavy atom. The number of anilines is 1. The first-order valence-electron chi connectivity index (χ1n) is 5.06. The highest BCUT2D eigenvalue weighted by molar-refractivity contribution is 5.70. The molecule has 0 atom stereocenters. The summed E-state index contributed by atoms with van der Waals surface area (Å²) in [5, 5.41) is 8.61. The molecule has 5 heteroatoms. The van der Waals surface area contributed by atoms with E-state index in [0.717, 1.165) is 0 Å². The summed E-state index contributed by atoms with van der Waals surface area (Å²) in [4.78, 5) is 12.6. The first kappa shape index (κ1) is 13.0. The van der Waals surface area contributed by atoms with Gasteiger partial charge in [-0.25, -0.2) is 4.39 Å². The van der Waals surface area contributed by atoms with Gasteiger partial charge in [0, 0.05) is 13.6 Å². The lowest BCUT2D eigenvalue weighted by molar-refractivity contribution is -0.140. The van der Waals surface area contributed by atoms with Gasteiger partial charge in [-0.1, -0.05) is 0 Å². The standard InChI is InChI=1S/C12H13FN2O2/c1-15(6-5-12(16)17-2)11-4-3-9(8-14)7-10(11)13/h3-4,7H,5-6H2,1-2H3. The second kappa shape index (κ2) is 5.85. The fourth-order valence-corrected chi connectivity index (χ4v) is 1.37. The number of ether oxygens (including phenoxy) is 1. The van der Waals surface area contributed by atoms with Crippen LogP contribution in [0.3, 0.4) is 0 Å². The second-order valence-corrected chi connectivity index (χ2v) is 3.53. The van der Waals surface area contributed by atoms with E-state index in [1.807, 2.05) is 6.07 Å². The molecule has 1 aromatic rings. The van der Waals surface area contributed by atoms with Gasteiger partial charge in [0.1, 0.15) is 5.82 Å². The van der Waals surface area contributed by atoms with Crippen LogP contribution in [0.25, 0.3) is 0 Å². The lowest BCUT2D eigenvalue weighted by Gasteiger charge is -2.19. The van der Waals surface area contributed by atoms with E-state index in [1.165, 1.54) is 25.3 Å². The molecule has 0 saturated heterocycles. The van der Waals surface area contributed by atoms with Crippen LogP contribution >= 0.6 is 0 Å². The number of carbonyl (C=O) groups is 1. The molecule has 0 radical (unpaired) electrons. The smallest absolute Gasteiger partial charge is 0.307 e. The highest BCUT2D eigenvalue weighted by atomic mass is 19.1. The number of esters is 1. The van der Waals surface area contributed by atoms with Crippen LogP contribution in [0.15, 0.2) is 18.2 Å². The van der Waals surface area contributed by atoms with Crippen LogP contribution in [0.5, 0.6) is 0 Å². The molecule has 0 aliphatic heterocycles. The SMILES string of the molecule is COC(=O)CCN(C)c1ccc(C#N)cc1F. The van der Waals surface area contributed by atoms with Gasteiger partial charge in [-0.3, -0.25) is 4.79 Å². The summed E-state index contributed by atoms with van der Waals surface area (Å²) in [7, 11) is 2.98. The molecule has 0 aliphatic carbocycles.